The van der Waals surface area contributed by atoms with Gasteiger partial charge in [-0.05, 0) is 31.0 Å². The average Bonchev–Trinajstić information content (AvgIpc) is 3.19. The lowest BCUT2D eigenvalue weighted by Gasteiger charge is -2.23. The van der Waals surface area contributed by atoms with Crippen molar-refractivity contribution < 1.29 is 18.7 Å². The standard InChI is InChI=1S/C24H24FN5O3/c1-32-21-5-3-2-4-18(21)24(31)28-14-16-7-6-15(12-20(16)25)22-19(13-26)23(27)30(29-22)17-8-10-33-11-9-17/h2-7,12,17H,8-11,14,27H2,1H3,(H,28,31). The van der Waals surface area contributed by atoms with Gasteiger partial charge in [0.2, 0.25) is 0 Å². The zero-order valence-corrected chi connectivity index (χ0v) is 18.2. The molecule has 0 radical (unpaired) electrons. The molecule has 170 valence electrons. The highest BCUT2D eigenvalue weighted by Crippen LogP contribution is 2.32. The molecule has 2 aromatic carbocycles. The number of nitrogens with zero attached hydrogens (tertiary/aromatic N) is 3. The summed E-state index contributed by atoms with van der Waals surface area (Å²) < 4.78 is 27.1. The molecule has 0 spiro atoms. The molecule has 4 rings (SSSR count). The lowest BCUT2D eigenvalue weighted by atomic mass is 10.0. The van der Waals surface area contributed by atoms with E-state index in [9.17, 15) is 14.4 Å². The Morgan fingerprint density at radius 3 is 2.79 bits per heavy atom. The topological polar surface area (TPSA) is 115 Å². The van der Waals surface area contributed by atoms with Crippen molar-refractivity contribution in [3.05, 3.63) is 65.0 Å². The van der Waals surface area contributed by atoms with Gasteiger partial charge in [-0.2, -0.15) is 10.4 Å². The quantitative estimate of drug-likeness (QED) is 0.596. The molecule has 8 nitrogen and oxygen atoms in total. The largest absolute Gasteiger partial charge is 0.496 e. The zero-order chi connectivity index (χ0) is 23.4. The number of para-hydroxylation sites is 1. The number of nitriles is 1. The summed E-state index contributed by atoms with van der Waals surface area (Å²) in [6.07, 6.45) is 1.49. The molecular formula is C24H24FN5O3. The molecule has 1 aliphatic rings. The third-order valence-electron chi connectivity index (χ3n) is 5.71. The number of nitrogens with two attached hydrogens (primary N) is 1. The number of carbonyl (C=O) groups excluding carboxylic acids is 1. The molecule has 33 heavy (non-hydrogen) atoms. The van der Waals surface area contributed by atoms with Crippen molar-refractivity contribution in [2.45, 2.75) is 25.4 Å². The van der Waals surface area contributed by atoms with Crippen LogP contribution >= 0.6 is 0 Å². The maximum atomic E-state index is 14.9. The van der Waals surface area contributed by atoms with Crippen LogP contribution in [-0.2, 0) is 11.3 Å². The minimum absolute atomic E-state index is 0.00719. The molecule has 2 heterocycles. The summed E-state index contributed by atoms with van der Waals surface area (Å²) in [7, 11) is 1.48. The molecule has 1 aromatic heterocycles. The van der Waals surface area contributed by atoms with E-state index in [0.29, 0.717) is 41.3 Å². The molecule has 0 saturated carbocycles. The van der Waals surface area contributed by atoms with Gasteiger partial charge in [0.1, 0.15) is 34.7 Å². The second kappa shape index (κ2) is 9.71. The second-order valence-electron chi connectivity index (χ2n) is 7.70. The summed E-state index contributed by atoms with van der Waals surface area (Å²) in [5.74, 6) is -0.179. The second-order valence-corrected chi connectivity index (χ2v) is 7.70. The number of amides is 1. The number of aromatic nitrogens is 2. The van der Waals surface area contributed by atoms with E-state index < -0.39 is 5.82 Å². The maximum absolute atomic E-state index is 14.9. The van der Waals surface area contributed by atoms with E-state index in [0.717, 1.165) is 12.8 Å². The Bertz CT molecular complexity index is 1210. The molecule has 0 bridgehead atoms. The summed E-state index contributed by atoms with van der Waals surface area (Å²) in [5, 5.41) is 16.9. The highest BCUT2D eigenvalue weighted by atomic mass is 19.1. The fraction of sp³-hybridized carbons (Fsp3) is 0.292. The Hall–Kier alpha value is -3.90. The Balaban J connectivity index is 1.54. The van der Waals surface area contributed by atoms with Gasteiger partial charge in [0, 0.05) is 30.9 Å². The van der Waals surface area contributed by atoms with Gasteiger partial charge in [0.05, 0.1) is 18.7 Å². The third-order valence-corrected chi connectivity index (χ3v) is 5.71. The molecule has 1 amide bonds. The molecule has 3 N–H and O–H groups in total. The summed E-state index contributed by atoms with van der Waals surface area (Å²) in [5.41, 5.74) is 7.87. The Morgan fingerprint density at radius 1 is 1.33 bits per heavy atom. The molecule has 0 unspecified atom stereocenters. The van der Waals surface area contributed by atoms with Crippen LogP contribution in [0.2, 0.25) is 0 Å². The van der Waals surface area contributed by atoms with Crippen LogP contribution in [0.5, 0.6) is 5.75 Å². The van der Waals surface area contributed by atoms with Crippen LogP contribution in [0.3, 0.4) is 0 Å². The van der Waals surface area contributed by atoms with Crippen molar-refractivity contribution in [3.8, 4) is 23.1 Å². The van der Waals surface area contributed by atoms with E-state index >= 15 is 0 Å². The van der Waals surface area contributed by atoms with Crippen molar-refractivity contribution in [3.63, 3.8) is 0 Å². The third kappa shape index (κ3) is 4.52. The smallest absolute Gasteiger partial charge is 0.255 e. The van der Waals surface area contributed by atoms with E-state index in [-0.39, 0.29) is 29.9 Å². The lowest BCUT2D eigenvalue weighted by Crippen LogP contribution is -2.23. The van der Waals surface area contributed by atoms with Gasteiger partial charge in [0.25, 0.3) is 5.91 Å². The molecule has 1 aliphatic heterocycles. The van der Waals surface area contributed by atoms with Crippen LogP contribution in [-0.4, -0.2) is 36.0 Å². The van der Waals surface area contributed by atoms with Crippen LogP contribution in [0.25, 0.3) is 11.3 Å². The van der Waals surface area contributed by atoms with Crippen LogP contribution in [0, 0.1) is 17.1 Å². The molecule has 9 heteroatoms. The van der Waals surface area contributed by atoms with Crippen molar-refractivity contribution in [1.29, 1.82) is 5.26 Å². The van der Waals surface area contributed by atoms with Gasteiger partial charge in [-0.1, -0.05) is 24.3 Å². The van der Waals surface area contributed by atoms with E-state index in [1.165, 1.54) is 13.2 Å². The Morgan fingerprint density at radius 2 is 2.09 bits per heavy atom. The molecular weight excluding hydrogens is 425 g/mol. The zero-order valence-electron chi connectivity index (χ0n) is 18.2. The van der Waals surface area contributed by atoms with Crippen LogP contribution in [0.15, 0.2) is 42.5 Å². The number of benzene rings is 2. The van der Waals surface area contributed by atoms with Crippen LogP contribution in [0.4, 0.5) is 10.2 Å². The average molecular weight is 449 g/mol. The highest BCUT2D eigenvalue weighted by molar-refractivity contribution is 5.96. The van der Waals surface area contributed by atoms with E-state index in [2.05, 4.69) is 16.5 Å². The molecule has 0 aliphatic carbocycles. The van der Waals surface area contributed by atoms with Crippen LogP contribution in [0.1, 0.15) is 40.4 Å². The van der Waals surface area contributed by atoms with Gasteiger partial charge in [-0.15, -0.1) is 0 Å². The van der Waals surface area contributed by atoms with Gasteiger partial charge < -0.3 is 20.5 Å². The number of carbonyl (C=O) groups is 1. The number of ether oxygens (including phenoxy) is 2. The van der Waals surface area contributed by atoms with Crippen molar-refractivity contribution in [1.82, 2.24) is 15.1 Å². The molecule has 0 atom stereocenters. The van der Waals surface area contributed by atoms with Crippen molar-refractivity contribution in [2.75, 3.05) is 26.1 Å². The number of hydrogen-bond acceptors (Lipinski definition) is 6. The van der Waals surface area contributed by atoms with E-state index in [1.807, 2.05) is 0 Å². The van der Waals surface area contributed by atoms with Crippen molar-refractivity contribution >= 4 is 11.7 Å². The lowest BCUT2D eigenvalue weighted by molar-refractivity contribution is 0.0669. The number of hydrogen-bond donors (Lipinski definition) is 2. The summed E-state index contributed by atoms with van der Waals surface area (Å²) >= 11 is 0. The normalized spacial score (nSPS) is 14.0. The molecule has 3 aromatic rings. The summed E-state index contributed by atoms with van der Waals surface area (Å²) in [4.78, 5) is 12.5. The number of methoxy groups -OCH3 is 1. The first kappa shape index (κ1) is 22.3. The first-order valence-corrected chi connectivity index (χ1v) is 10.6. The fourth-order valence-electron chi connectivity index (χ4n) is 3.91. The van der Waals surface area contributed by atoms with Crippen LogP contribution < -0.4 is 15.8 Å². The van der Waals surface area contributed by atoms with Crippen molar-refractivity contribution in [2.24, 2.45) is 0 Å². The highest BCUT2D eigenvalue weighted by Gasteiger charge is 2.24. The first-order valence-electron chi connectivity index (χ1n) is 10.6. The minimum atomic E-state index is -0.518. The SMILES string of the molecule is COc1ccccc1C(=O)NCc1ccc(-c2nn(C3CCOCC3)c(N)c2C#N)cc1F. The predicted molar refractivity (Wildman–Crippen MR) is 120 cm³/mol. The summed E-state index contributed by atoms with van der Waals surface area (Å²) in [6.45, 7) is 1.20. The van der Waals surface area contributed by atoms with Gasteiger partial charge in [-0.25, -0.2) is 9.07 Å². The number of rotatable bonds is 6. The van der Waals surface area contributed by atoms with E-state index in [1.54, 1.807) is 41.1 Å². The predicted octanol–water partition coefficient (Wildman–Crippen LogP) is 3.43. The first-order chi connectivity index (χ1) is 16.0. The van der Waals surface area contributed by atoms with E-state index in [4.69, 9.17) is 15.2 Å². The van der Waals surface area contributed by atoms with Gasteiger partial charge >= 0.3 is 0 Å². The minimum Gasteiger partial charge on any atom is -0.496 e. The summed E-state index contributed by atoms with van der Waals surface area (Å²) in [6, 6.07) is 13.5. The Labute approximate surface area is 190 Å². The number of halogens is 1. The van der Waals surface area contributed by atoms with Gasteiger partial charge in [-0.3, -0.25) is 4.79 Å². The number of nitrogens with one attached hydrogen (secondary N) is 1. The molecule has 1 saturated heterocycles. The Kier molecular flexibility index (Phi) is 6.56. The van der Waals surface area contributed by atoms with Gasteiger partial charge in [0.15, 0.2) is 0 Å². The monoisotopic (exact) mass is 449 g/mol. The maximum Gasteiger partial charge on any atom is 0.255 e. The number of anilines is 1. The fourth-order valence-corrected chi connectivity index (χ4v) is 3.91. The number of nitrogen functional groups attached to an aromatic ring is 1. The molecule has 1 fully saturated rings.